The van der Waals surface area contributed by atoms with Crippen molar-refractivity contribution in [3.05, 3.63) is 24.3 Å². The zero-order valence-electron chi connectivity index (χ0n) is 10.7. The highest BCUT2D eigenvalue weighted by molar-refractivity contribution is 5.85. The van der Waals surface area contributed by atoms with E-state index in [9.17, 15) is 0 Å². The lowest BCUT2D eigenvalue weighted by molar-refractivity contribution is 0.0553. The van der Waals surface area contributed by atoms with Gasteiger partial charge in [-0.1, -0.05) is 12.1 Å². The molecule has 0 bridgehead atoms. The average Bonchev–Trinajstić information content (AvgIpc) is 2.40. The highest BCUT2D eigenvalue weighted by Gasteiger charge is 2.23. The Labute approximate surface area is 126 Å². The Bertz CT molecular complexity index is 387. The molecule has 4 nitrogen and oxygen atoms in total. The number of nitrogens with zero attached hydrogens (tertiary/aromatic N) is 1. The number of hydrogen-bond acceptors (Lipinski definition) is 4. The van der Waals surface area contributed by atoms with Crippen molar-refractivity contribution < 1.29 is 9.47 Å². The summed E-state index contributed by atoms with van der Waals surface area (Å²) in [7, 11) is 0. The zero-order valence-corrected chi connectivity index (χ0v) is 12.3. The third-order valence-corrected chi connectivity index (χ3v) is 3.24. The standard InChI is InChI=1S/C13H18N2O2.2ClH/c1-2-4-13-12(3-1)16-10-11(17-13)9-15-7-5-14-6-8-15;;/h1-4,11,14H,5-10H2;2*1H/t11-;;/m0../s1. The number of fused-ring (bicyclic) bond motifs is 1. The lowest BCUT2D eigenvalue weighted by Crippen LogP contribution is -2.49. The number of rotatable bonds is 2. The molecule has 1 aromatic carbocycles. The molecule has 1 N–H and O–H groups in total. The van der Waals surface area contributed by atoms with E-state index in [0.717, 1.165) is 44.2 Å². The summed E-state index contributed by atoms with van der Waals surface area (Å²) in [6, 6.07) is 7.88. The largest absolute Gasteiger partial charge is 0.486 e. The fourth-order valence-electron chi connectivity index (χ4n) is 2.33. The molecule has 108 valence electrons. The number of nitrogens with one attached hydrogen (secondary N) is 1. The maximum Gasteiger partial charge on any atom is 0.161 e. The third-order valence-electron chi connectivity index (χ3n) is 3.24. The number of halogens is 2. The molecule has 3 rings (SSSR count). The minimum absolute atomic E-state index is 0. The lowest BCUT2D eigenvalue weighted by Gasteiger charge is -2.33. The van der Waals surface area contributed by atoms with Crippen molar-refractivity contribution in [2.75, 3.05) is 39.3 Å². The molecule has 2 aliphatic heterocycles. The molecule has 0 saturated carbocycles. The minimum atomic E-state index is 0. The molecule has 1 fully saturated rings. The summed E-state index contributed by atoms with van der Waals surface area (Å²) >= 11 is 0. The number of ether oxygens (including phenoxy) is 2. The Morgan fingerprint density at radius 3 is 2.53 bits per heavy atom. The summed E-state index contributed by atoms with van der Waals surface area (Å²) in [6.45, 7) is 5.95. The Hall–Kier alpha value is -0.680. The van der Waals surface area contributed by atoms with Gasteiger partial charge < -0.3 is 14.8 Å². The summed E-state index contributed by atoms with van der Waals surface area (Å²) in [5.74, 6) is 1.74. The first-order valence-electron chi connectivity index (χ1n) is 6.23. The molecule has 0 unspecified atom stereocenters. The van der Waals surface area contributed by atoms with Crippen LogP contribution in [-0.4, -0.2) is 50.3 Å². The summed E-state index contributed by atoms with van der Waals surface area (Å²) in [5, 5.41) is 3.35. The first kappa shape index (κ1) is 16.4. The van der Waals surface area contributed by atoms with Crippen LogP contribution in [0.3, 0.4) is 0 Å². The molecule has 0 spiro atoms. The zero-order chi connectivity index (χ0) is 11.5. The number of benzene rings is 1. The van der Waals surface area contributed by atoms with Gasteiger partial charge in [-0.25, -0.2) is 0 Å². The van der Waals surface area contributed by atoms with Crippen LogP contribution in [0.5, 0.6) is 11.5 Å². The molecule has 0 aromatic heterocycles. The second-order valence-corrected chi connectivity index (χ2v) is 4.55. The third kappa shape index (κ3) is 4.14. The Morgan fingerprint density at radius 2 is 1.79 bits per heavy atom. The van der Waals surface area contributed by atoms with E-state index < -0.39 is 0 Å². The van der Waals surface area contributed by atoms with Crippen molar-refractivity contribution in [2.45, 2.75) is 6.10 Å². The molecule has 2 aliphatic rings. The molecule has 2 heterocycles. The SMILES string of the molecule is Cl.Cl.c1ccc2c(c1)OC[C@H](CN1CCNCC1)O2. The van der Waals surface area contributed by atoms with E-state index in [4.69, 9.17) is 9.47 Å². The van der Waals surface area contributed by atoms with E-state index in [0.29, 0.717) is 6.61 Å². The van der Waals surface area contributed by atoms with Gasteiger partial charge in [-0.15, -0.1) is 24.8 Å². The van der Waals surface area contributed by atoms with Crippen molar-refractivity contribution in [3.8, 4) is 11.5 Å². The monoisotopic (exact) mass is 306 g/mol. The van der Waals surface area contributed by atoms with Gasteiger partial charge in [0.15, 0.2) is 11.5 Å². The Kier molecular flexibility index (Phi) is 6.72. The van der Waals surface area contributed by atoms with Crippen molar-refractivity contribution in [1.29, 1.82) is 0 Å². The van der Waals surface area contributed by atoms with E-state index in [2.05, 4.69) is 10.2 Å². The van der Waals surface area contributed by atoms with Gasteiger partial charge in [0, 0.05) is 32.7 Å². The van der Waals surface area contributed by atoms with Crippen LogP contribution in [0, 0.1) is 0 Å². The molecular formula is C13H20Cl2N2O2. The summed E-state index contributed by atoms with van der Waals surface area (Å²) in [5.41, 5.74) is 0. The topological polar surface area (TPSA) is 33.7 Å². The van der Waals surface area contributed by atoms with Gasteiger partial charge in [0.05, 0.1) is 0 Å². The van der Waals surface area contributed by atoms with E-state index in [1.165, 1.54) is 0 Å². The second kappa shape index (κ2) is 7.80. The van der Waals surface area contributed by atoms with Crippen LogP contribution >= 0.6 is 24.8 Å². The minimum Gasteiger partial charge on any atom is -0.486 e. The predicted octanol–water partition coefficient (Wildman–Crippen LogP) is 1.58. The van der Waals surface area contributed by atoms with Crippen LogP contribution in [-0.2, 0) is 0 Å². The number of hydrogen-bond donors (Lipinski definition) is 1. The van der Waals surface area contributed by atoms with E-state index in [-0.39, 0.29) is 30.9 Å². The fraction of sp³-hybridized carbons (Fsp3) is 0.538. The fourth-order valence-corrected chi connectivity index (χ4v) is 2.33. The summed E-state index contributed by atoms with van der Waals surface area (Å²) in [6.07, 6.45) is 0.156. The van der Waals surface area contributed by atoms with Gasteiger partial charge in [-0.3, -0.25) is 4.90 Å². The number of para-hydroxylation sites is 2. The first-order chi connectivity index (χ1) is 8.42. The van der Waals surface area contributed by atoms with Crippen LogP contribution in [0.1, 0.15) is 0 Å². The first-order valence-corrected chi connectivity index (χ1v) is 6.23. The van der Waals surface area contributed by atoms with Crippen molar-refractivity contribution in [3.63, 3.8) is 0 Å². The lowest BCUT2D eigenvalue weighted by atomic mass is 10.2. The maximum atomic E-state index is 5.95. The van der Waals surface area contributed by atoms with Gasteiger partial charge in [0.1, 0.15) is 12.7 Å². The molecule has 0 aliphatic carbocycles. The van der Waals surface area contributed by atoms with E-state index in [1.54, 1.807) is 0 Å². The average molecular weight is 307 g/mol. The highest BCUT2D eigenvalue weighted by Crippen LogP contribution is 2.30. The van der Waals surface area contributed by atoms with Crippen LogP contribution < -0.4 is 14.8 Å². The van der Waals surface area contributed by atoms with Crippen molar-refractivity contribution in [2.24, 2.45) is 0 Å². The van der Waals surface area contributed by atoms with Gasteiger partial charge >= 0.3 is 0 Å². The normalized spacial score (nSPS) is 22.0. The molecular weight excluding hydrogens is 287 g/mol. The van der Waals surface area contributed by atoms with Gasteiger partial charge in [-0.05, 0) is 12.1 Å². The van der Waals surface area contributed by atoms with Gasteiger partial charge in [0.2, 0.25) is 0 Å². The molecule has 1 aromatic rings. The molecule has 6 heteroatoms. The highest BCUT2D eigenvalue weighted by atomic mass is 35.5. The quantitative estimate of drug-likeness (QED) is 0.899. The number of piperazine rings is 1. The van der Waals surface area contributed by atoms with Crippen LogP contribution in [0.4, 0.5) is 0 Å². The molecule has 19 heavy (non-hydrogen) atoms. The molecule has 0 radical (unpaired) electrons. The van der Waals surface area contributed by atoms with Crippen LogP contribution in [0.25, 0.3) is 0 Å². The van der Waals surface area contributed by atoms with Gasteiger partial charge in [0.25, 0.3) is 0 Å². The smallest absolute Gasteiger partial charge is 0.161 e. The Morgan fingerprint density at radius 1 is 1.11 bits per heavy atom. The summed E-state index contributed by atoms with van der Waals surface area (Å²) < 4.78 is 11.7. The maximum absolute atomic E-state index is 5.95. The predicted molar refractivity (Wildman–Crippen MR) is 80.2 cm³/mol. The Balaban J connectivity index is 0.000000902. The summed E-state index contributed by atoms with van der Waals surface area (Å²) in [4.78, 5) is 2.43. The van der Waals surface area contributed by atoms with Gasteiger partial charge in [-0.2, -0.15) is 0 Å². The molecule has 1 atom stereocenters. The van der Waals surface area contributed by atoms with Crippen molar-refractivity contribution in [1.82, 2.24) is 10.2 Å². The molecule has 0 amide bonds. The van der Waals surface area contributed by atoms with Crippen LogP contribution in [0.2, 0.25) is 0 Å². The second-order valence-electron chi connectivity index (χ2n) is 4.55. The van der Waals surface area contributed by atoms with E-state index >= 15 is 0 Å². The van der Waals surface area contributed by atoms with Crippen LogP contribution in [0.15, 0.2) is 24.3 Å². The van der Waals surface area contributed by atoms with Crippen molar-refractivity contribution >= 4 is 24.8 Å². The van der Waals surface area contributed by atoms with E-state index in [1.807, 2.05) is 24.3 Å². The molecule has 1 saturated heterocycles.